The topological polar surface area (TPSA) is 16.4 Å². The van der Waals surface area contributed by atoms with E-state index in [9.17, 15) is 0 Å². The summed E-state index contributed by atoms with van der Waals surface area (Å²) in [4.78, 5) is 2.39. The predicted octanol–water partition coefficient (Wildman–Crippen LogP) is 14.7. The number of para-hydroxylation sites is 1. The van der Waals surface area contributed by atoms with Crippen molar-refractivity contribution in [2.24, 2.45) is 0 Å². The fourth-order valence-electron chi connectivity index (χ4n) is 8.12. The molecule has 0 saturated carbocycles. The molecule has 1 heterocycles. The van der Waals surface area contributed by atoms with Crippen LogP contribution < -0.4 is 4.90 Å². The Morgan fingerprint density at radius 1 is 0.426 bits per heavy atom. The lowest BCUT2D eigenvalue weighted by Gasteiger charge is -2.29. The molecule has 0 bridgehead atoms. The number of allylic oxidation sites excluding steroid dienone is 1. The average molecular weight is 692 g/mol. The van der Waals surface area contributed by atoms with E-state index in [4.69, 9.17) is 4.42 Å². The van der Waals surface area contributed by atoms with E-state index in [1.54, 1.807) is 0 Å². The summed E-state index contributed by atoms with van der Waals surface area (Å²) in [6.45, 7) is 0. The molecule has 0 N–H and O–H groups in total. The maximum absolute atomic E-state index is 6.55. The highest BCUT2D eigenvalue weighted by atomic mass is 16.3. The monoisotopic (exact) mass is 691 g/mol. The van der Waals surface area contributed by atoms with Gasteiger partial charge >= 0.3 is 0 Å². The molecule has 54 heavy (non-hydrogen) atoms. The fraction of sp³-hybridized carbons (Fsp3) is 0.0385. The van der Waals surface area contributed by atoms with E-state index in [1.807, 2.05) is 0 Å². The minimum atomic E-state index is 0.913. The molecule has 1 aliphatic rings. The third-order valence-corrected chi connectivity index (χ3v) is 10.8. The first-order valence-electron chi connectivity index (χ1n) is 18.7. The number of fused-ring (bicyclic) bond motifs is 4. The average Bonchev–Trinajstić information content (AvgIpc) is 3.62. The van der Waals surface area contributed by atoms with Crippen LogP contribution in [0.5, 0.6) is 0 Å². The molecule has 2 nitrogen and oxygen atoms in total. The summed E-state index contributed by atoms with van der Waals surface area (Å²) in [6.07, 6.45) is 6.66. The van der Waals surface area contributed by atoms with Crippen molar-refractivity contribution in [2.75, 3.05) is 4.90 Å². The maximum Gasteiger partial charge on any atom is 0.136 e. The SMILES string of the molecule is C1=Cc2cc3c(cc2CC1)oc1cccc(-c2ccccc2-c2ccccc2N(c2ccc(-c4ccccc4)cc2)c2ccc(-c4ccccc4)cc2)c13. The smallest absolute Gasteiger partial charge is 0.136 e. The van der Waals surface area contributed by atoms with E-state index < -0.39 is 0 Å². The molecule has 0 radical (unpaired) electrons. The van der Waals surface area contributed by atoms with Gasteiger partial charge in [0.15, 0.2) is 0 Å². The van der Waals surface area contributed by atoms with Crippen molar-refractivity contribution in [3.8, 4) is 44.5 Å². The molecule has 1 aliphatic carbocycles. The second-order valence-corrected chi connectivity index (χ2v) is 14.0. The van der Waals surface area contributed by atoms with Crippen LogP contribution in [0.1, 0.15) is 17.5 Å². The molecule has 8 aromatic carbocycles. The Bertz CT molecular complexity index is 2710. The van der Waals surface area contributed by atoms with Gasteiger partial charge in [0, 0.05) is 27.7 Å². The van der Waals surface area contributed by atoms with Gasteiger partial charge in [-0.05, 0) is 111 Å². The molecule has 0 spiro atoms. The van der Waals surface area contributed by atoms with Crippen LogP contribution in [-0.2, 0) is 6.42 Å². The number of furan rings is 1. The minimum absolute atomic E-state index is 0.913. The molecule has 1 aromatic heterocycles. The van der Waals surface area contributed by atoms with Gasteiger partial charge in [-0.25, -0.2) is 0 Å². The zero-order valence-electron chi connectivity index (χ0n) is 29.8. The molecule has 9 aromatic rings. The Morgan fingerprint density at radius 3 is 1.61 bits per heavy atom. The summed E-state index contributed by atoms with van der Waals surface area (Å²) in [5.41, 5.74) is 17.2. The zero-order valence-corrected chi connectivity index (χ0v) is 29.8. The molecule has 0 aliphatic heterocycles. The van der Waals surface area contributed by atoms with E-state index in [0.29, 0.717) is 0 Å². The Morgan fingerprint density at radius 2 is 0.963 bits per heavy atom. The first kappa shape index (κ1) is 31.8. The van der Waals surface area contributed by atoms with Gasteiger partial charge in [-0.2, -0.15) is 0 Å². The maximum atomic E-state index is 6.55. The molecule has 0 fully saturated rings. The van der Waals surface area contributed by atoms with Crippen LogP contribution in [0.4, 0.5) is 17.1 Å². The number of hydrogen-bond acceptors (Lipinski definition) is 2. The van der Waals surface area contributed by atoms with E-state index in [2.05, 4.69) is 205 Å². The van der Waals surface area contributed by atoms with Crippen LogP contribution in [0.15, 0.2) is 199 Å². The number of anilines is 3. The standard InChI is InChI=1S/C52H37NO/c1-3-14-36(15-4-1)38-26-30-42(31-27-38)53(43-32-28-39(29-33-43)37-16-5-2-6-17-37)49-24-12-11-22-46(49)44-20-9-10-21-45(44)47-23-13-25-50-52(47)48-34-40-18-7-8-19-41(40)35-51(48)54-50/h1-7,9-18,20-35H,8,19H2. The first-order chi connectivity index (χ1) is 26.8. The Labute approximate surface area is 315 Å². The second-order valence-electron chi connectivity index (χ2n) is 14.0. The van der Waals surface area contributed by atoms with E-state index in [0.717, 1.165) is 57.4 Å². The molecule has 0 unspecified atom stereocenters. The van der Waals surface area contributed by atoms with Crippen molar-refractivity contribution in [1.82, 2.24) is 0 Å². The normalized spacial score (nSPS) is 12.2. The number of hydrogen-bond donors (Lipinski definition) is 0. The summed E-state index contributed by atoms with van der Waals surface area (Å²) >= 11 is 0. The molecule has 10 rings (SSSR count). The van der Waals surface area contributed by atoms with Crippen LogP contribution in [0.25, 0.3) is 72.5 Å². The van der Waals surface area contributed by atoms with Crippen molar-refractivity contribution < 1.29 is 4.42 Å². The molecule has 0 amide bonds. The van der Waals surface area contributed by atoms with Crippen LogP contribution in [-0.4, -0.2) is 0 Å². The number of rotatable bonds is 7. The highest BCUT2D eigenvalue weighted by molar-refractivity contribution is 6.14. The van der Waals surface area contributed by atoms with Gasteiger partial charge in [-0.1, -0.05) is 152 Å². The van der Waals surface area contributed by atoms with Gasteiger partial charge in [0.1, 0.15) is 11.2 Å². The Balaban J connectivity index is 1.14. The van der Waals surface area contributed by atoms with Gasteiger partial charge in [0.2, 0.25) is 0 Å². The molecule has 256 valence electrons. The lowest BCUT2D eigenvalue weighted by atomic mass is 9.90. The van der Waals surface area contributed by atoms with E-state index in [1.165, 1.54) is 50.1 Å². The van der Waals surface area contributed by atoms with Gasteiger partial charge in [0.05, 0.1) is 5.69 Å². The molecule has 2 heteroatoms. The van der Waals surface area contributed by atoms with Crippen LogP contribution in [0, 0.1) is 0 Å². The molecular weight excluding hydrogens is 655 g/mol. The van der Waals surface area contributed by atoms with Crippen LogP contribution >= 0.6 is 0 Å². The van der Waals surface area contributed by atoms with E-state index in [-0.39, 0.29) is 0 Å². The minimum Gasteiger partial charge on any atom is -0.456 e. The second kappa shape index (κ2) is 13.6. The number of nitrogens with zero attached hydrogens (tertiary/aromatic N) is 1. The lowest BCUT2D eigenvalue weighted by molar-refractivity contribution is 0.668. The number of benzene rings is 8. The van der Waals surface area contributed by atoms with Crippen molar-refractivity contribution >= 4 is 45.1 Å². The Kier molecular flexibility index (Phi) is 8.00. The van der Waals surface area contributed by atoms with Gasteiger partial charge in [-0.3, -0.25) is 0 Å². The van der Waals surface area contributed by atoms with Crippen molar-refractivity contribution in [3.05, 3.63) is 205 Å². The first-order valence-corrected chi connectivity index (χ1v) is 18.7. The van der Waals surface area contributed by atoms with Gasteiger partial charge in [0.25, 0.3) is 0 Å². The molecule has 0 atom stereocenters. The third kappa shape index (κ3) is 5.70. The third-order valence-electron chi connectivity index (χ3n) is 10.8. The van der Waals surface area contributed by atoms with Gasteiger partial charge in [-0.15, -0.1) is 0 Å². The lowest BCUT2D eigenvalue weighted by Crippen LogP contribution is -2.11. The van der Waals surface area contributed by atoms with Crippen molar-refractivity contribution in [1.29, 1.82) is 0 Å². The summed E-state index contributed by atoms with van der Waals surface area (Å²) in [5.74, 6) is 0. The summed E-state index contributed by atoms with van der Waals surface area (Å²) in [5, 5.41) is 2.32. The summed E-state index contributed by atoms with van der Waals surface area (Å²) in [6, 6.07) is 67.7. The van der Waals surface area contributed by atoms with Gasteiger partial charge < -0.3 is 9.32 Å². The van der Waals surface area contributed by atoms with Crippen molar-refractivity contribution in [2.45, 2.75) is 12.8 Å². The largest absolute Gasteiger partial charge is 0.456 e. The van der Waals surface area contributed by atoms with Crippen LogP contribution in [0.2, 0.25) is 0 Å². The van der Waals surface area contributed by atoms with Crippen LogP contribution in [0.3, 0.4) is 0 Å². The Hall–Kier alpha value is -6.90. The molecule has 0 saturated heterocycles. The highest BCUT2D eigenvalue weighted by Crippen LogP contribution is 2.46. The predicted molar refractivity (Wildman–Crippen MR) is 228 cm³/mol. The quantitative estimate of drug-likeness (QED) is 0.165. The number of aryl methyl sites for hydroxylation is 1. The van der Waals surface area contributed by atoms with E-state index >= 15 is 0 Å². The summed E-state index contributed by atoms with van der Waals surface area (Å²) in [7, 11) is 0. The fourth-order valence-corrected chi connectivity index (χ4v) is 8.12. The molecular formula is C52H37NO. The summed E-state index contributed by atoms with van der Waals surface area (Å²) < 4.78 is 6.55. The highest BCUT2D eigenvalue weighted by Gasteiger charge is 2.22. The zero-order chi connectivity index (χ0) is 35.8. The van der Waals surface area contributed by atoms with Crippen molar-refractivity contribution in [3.63, 3.8) is 0 Å².